The molecule has 0 amide bonds. The number of aromatic hydroxyl groups is 1. The molecule has 2 aromatic carbocycles. The Labute approximate surface area is 114 Å². The van der Waals surface area contributed by atoms with Crippen LogP contribution >= 0.6 is 0 Å². The summed E-state index contributed by atoms with van der Waals surface area (Å²) in [6, 6.07) is 9.96. The van der Waals surface area contributed by atoms with Gasteiger partial charge in [-0.15, -0.1) is 0 Å². The van der Waals surface area contributed by atoms with E-state index in [0.29, 0.717) is 16.6 Å². The Hall–Kier alpha value is -2.82. The van der Waals surface area contributed by atoms with Crippen molar-refractivity contribution in [3.05, 3.63) is 47.5 Å². The highest BCUT2D eigenvalue weighted by Gasteiger charge is 2.14. The van der Waals surface area contributed by atoms with Crippen LogP contribution in [0.4, 0.5) is 0 Å². The van der Waals surface area contributed by atoms with E-state index in [0.717, 1.165) is 11.1 Å². The summed E-state index contributed by atoms with van der Waals surface area (Å²) in [7, 11) is 0. The second kappa shape index (κ2) is 4.38. The van der Waals surface area contributed by atoms with Gasteiger partial charge in [0.25, 0.3) is 0 Å². The van der Waals surface area contributed by atoms with Gasteiger partial charge in [-0.3, -0.25) is 5.10 Å². The maximum atomic E-state index is 11.1. The van der Waals surface area contributed by atoms with Crippen molar-refractivity contribution in [1.29, 1.82) is 0 Å². The van der Waals surface area contributed by atoms with E-state index in [4.69, 9.17) is 5.11 Å². The topological polar surface area (TPSA) is 86.2 Å². The van der Waals surface area contributed by atoms with Gasteiger partial charge < -0.3 is 10.2 Å². The van der Waals surface area contributed by atoms with Crippen molar-refractivity contribution >= 4 is 16.9 Å². The third-order valence-corrected chi connectivity index (χ3v) is 3.22. The molecule has 0 aliphatic heterocycles. The first-order valence-corrected chi connectivity index (χ1v) is 6.07. The molecule has 0 unspecified atom stereocenters. The molecule has 3 N–H and O–H groups in total. The van der Waals surface area contributed by atoms with E-state index in [9.17, 15) is 9.90 Å². The lowest BCUT2D eigenvalue weighted by Gasteiger charge is -2.03. The molecular formula is C15H12N2O3. The number of phenolic OH excluding ortho intramolecular Hbond substituents is 1. The summed E-state index contributed by atoms with van der Waals surface area (Å²) in [5, 5.41) is 26.7. The fraction of sp³-hybridized carbons (Fsp3) is 0.0667. The number of hydrogen-bond acceptors (Lipinski definition) is 3. The van der Waals surface area contributed by atoms with Crippen molar-refractivity contribution in [3.8, 4) is 17.0 Å². The SMILES string of the molecule is Cc1ccc(O)c(-c2n[nH]c3ccc(C(=O)O)cc23)c1. The summed E-state index contributed by atoms with van der Waals surface area (Å²) in [6.07, 6.45) is 0. The number of rotatable bonds is 2. The standard InChI is InChI=1S/C15H12N2O3/c1-8-2-5-13(18)11(6-8)14-10-7-9(15(19)20)3-4-12(10)16-17-14/h2-7,18H,1H3,(H,16,17)(H,19,20). The summed E-state index contributed by atoms with van der Waals surface area (Å²) in [5.74, 6) is -0.878. The Balaban J connectivity index is 2.28. The van der Waals surface area contributed by atoms with Crippen LogP contribution in [0.2, 0.25) is 0 Å². The second-order valence-electron chi connectivity index (χ2n) is 4.66. The number of aryl methyl sites for hydroxylation is 1. The molecule has 0 aliphatic rings. The quantitative estimate of drug-likeness (QED) is 0.667. The number of aromatic carboxylic acids is 1. The molecule has 5 heteroatoms. The molecule has 0 bridgehead atoms. The van der Waals surface area contributed by atoms with E-state index in [-0.39, 0.29) is 11.3 Å². The van der Waals surface area contributed by atoms with Crippen molar-refractivity contribution in [1.82, 2.24) is 10.2 Å². The first-order valence-electron chi connectivity index (χ1n) is 6.07. The van der Waals surface area contributed by atoms with Crippen LogP contribution in [0, 0.1) is 6.92 Å². The minimum atomic E-state index is -0.993. The Bertz CT molecular complexity index is 821. The molecule has 3 aromatic rings. The van der Waals surface area contributed by atoms with Crippen molar-refractivity contribution in [2.75, 3.05) is 0 Å². The third kappa shape index (κ3) is 1.89. The van der Waals surface area contributed by atoms with E-state index < -0.39 is 5.97 Å². The Morgan fingerprint density at radius 3 is 2.75 bits per heavy atom. The van der Waals surface area contributed by atoms with E-state index in [1.165, 1.54) is 6.07 Å². The monoisotopic (exact) mass is 268 g/mol. The number of benzene rings is 2. The summed E-state index contributed by atoms with van der Waals surface area (Å²) in [6.45, 7) is 1.92. The van der Waals surface area contributed by atoms with Crippen LogP contribution in [0.15, 0.2) is 36.4 Å². The van der Waals surface area contributed by atoms with E-state index >= 15 is 0 Å². The van der Waals surface area contributed by atoms with Crippen molar-refractivity contribution < 1.29 is 15.0 Å². The zero-order valence-electron chi connectivity index (χ0n) is 10.7. The molecule has 0 spiro atoms. The first-order chi connectivity index (χ1) is 9.56. The second-order valence-corrected chi connectivity index (χ2v) is 4.66. The molecule has 20 heavy (non-hydrogen) atoms. The normalized spacial score (nSPS) is 10.8. The van der Waals surface area contributed by atoms with Crippen LogP contribution in [-0.4, -0.2) is 26.4 Å². The maximum Gasteiger partial charge on any atom is 0.335 e. The highest BCUT2D eigenvalue weighted by molar-refractivity contribution is 5.99. The maximum absolute atomic E-state index is 11.1. The van der Waals surface area contributed by atoms with Gasteiger partial charge >= 0.3 is 5.97 Å². The summed E-state index contributed by atoms with van der Waals surface area (Å²) in [5.41, 5.74) is 3.03. The third-order valence-electron chi connectivity index (χ3n) is 3.22. The molecule has 0 atom stereocenters. The number of carbonyl (C=O) groups is 1. The number of aromatic amines is 1. The highest BCUT2D eigenvalue weighted by atomic mass is 16.4. The lowest BCUT2D eigenvalue weighted by atomic mass is 10.0. The summed E-state index contributed by atoms with van der Waals surface area (Å²) in [4.78, 5) is 11.1. The number of nitrogens with one attached hydrogen (secondary N) is 1. The molecule has 1 heterocycles. The highest BCUT2D eigenvalue weighted by Crippen LogP contribution is 2.33. The lowest BCUT2D eigenvalue weighted by molar-refractivity contribution is 0.0697. The van der Waals surface area contributed by atoms with Crippen molar-refractivity contribution in [2.24, 2.45) is 0 Å². The van der Waals surface area contributed by atoms with Gasteiger partial charge in [-0.25, -0.2) is 4.79 Å². The minimum absolute atomic E-state index is 0.115. The number of nitrogens with zero attached hydrogens (tertiary/aromatic N) is 1. The van der Waals surface area contributed by atoms with E-state index in [1.54, 1.807) is 24.3 Å². The van der Waals surface area contributed by atoms with Gasteiger partial charge in [-0.1, -0.05) is 11.6 Å². The first kappa shape index (κ1) is 12.2. The van der Waals surface area contributed by atoms with Crippen LogP contribution < -0.4 is 0 Å². The van der Waals surface area contributed by atoms with Crippen LogP contribution in [0.5, 0.6) is 5.75 Å². The molecule has 3 rings (SSSR count). The van der Waals surface area contributed by atoms with Crippen molar-refractivity contribution in [3.63, 3.8) is 0 Å². The number of hydrogen-bond donors (Lipinski definition) is 3. The number of carboxylic acid groups (broad SMARTS) is 1. The summed E-state index contributed by atoms with van der Waals surface area (Å²) >= 11 is 0. The predicted molar refractivity (Wildman–Crippen MR) is 74.9 cm³/mol. The lowest BCUT2D eigenvalue weighted by Crippen LogP contribution is -1.95. The molecule has 5 nitrogen and oxygen atoms in total. The minimum Gasteiger partial charge on any atom is -0.507 e. The number of H-pyrrole nitrogens is 1. The van der Waals surface area contributed by atoms with Gasteiger partial charge in [0.15, 0.2) is 0 Å². The van der Waals surface area contributed by atoms with E-state index in [1.807, 2.05) is 13.0 Å². The fourth-order valence-electron chi connectivity index (χ4n) is 2.19. The Kier molecular flexibility index (Phi) is 2.68. The molecular weight excluding hydrogens is 256 g/mol. The van der Waals surface area contributed by atoms with Gasteiger partial charge in [0, 0.05) is 10.9 Å². The Morgan fingerprint density at radius 2 is 2.00 bits per heavy atom. The zero-order valence-corrected chi connectivity index (χ0v) is 10.7. The molecule has 0 aliphatic carbocycles. The molecule has 100 valence electrons. The van der Waals surface area contributed by atoms with Gasteiger partial charge in [0.1, 0.15) is 11.4 Å². The molecule has 0 saturated carbocycles. The van der Waals surface area contributed by atoms with Gasteiger partial charge in [-0.2, -0.15) is 5.10 Å². The van der Waals surface area contributed by atoms with Gasteiger partial charge in [0.2, 0.25) is 0 Å². The summed E-state index contributed by atoms with van der Waals surface area (Å²) < 4.78 is 0. The smallest absolute Gasteiger partial charge is 0.335 e. The predicted octanol–water partition coefficient (Wildman–Crippen LogP) is 2.94. The van der Waals surface area contributed by atoms with Crippen LogP contribution in [0.1, 0.15) is 15.9 Å². The number of aromatic nitrogens is 2. The van der Waals surface area contributed by atoms with E-state index in [2.05, 4.69) is 10.2 Å². The average molecular weight is 268 g/mol. The van der Waals surface area contributed by atoms with Crippen LogP contribution in [0.3, 0.4) is 0 Å². The molecule has 1 aromatic heterocycles. The van der Waals surface area contributed by atoms with Crippen LogP contribution in [0.25, 0.3) is 22.2 Å². The molecule has 0 radical (unpaired) electrons. The van der Waals surface area contributed by atoms with Gasteiger partial charge in [0.05, 0.1) is 11.1 Å². The number of carboxylic acids is 1. The van der Waals surface area contributed by atoms with Crippen LogP contribution in [-0.2, 0) is 0 Å². The van der Waals surface area contributed by atoms with Crippen molar-refractivity contribution in [2.45, 2.75) is 6.92 Å². The largest absolute Gasteiger partial charge is 0.507 e. The fourth-order valence-corrected chi connectivity index (χ4v) is 2.19. The Morgan fingerprint density at radius 1 is 1.20 bits per heavy atom. The van der Waals surface area contributed by atoms with Gasteiger partial charge in [-0.05, 0) is 37.3 Å². The number of phenols is 1. The number of fused-ring (bicyclic) bond motifs is 1. The molecule has 0 fully saturated rings. The average Bonchev–Trinajstić information content (AvgIpc) is 2.84. The molecule has 0 saturated heterocycles. The zero-order chi connectivity index (χ0) is 14.3.